The zero-order valence-electron chi connectivity index (χ0n) is 49.8. The van der Waals surface area contributed by atoms with Crippen molar-refractivity contribution in [2.24, 2.45) is 0 Å². The van der Waals surface area contributed by atoms with Crippen LogP contribution in [0.2, 0.25) is 0 Å². The summed E-state index contributed by atoms with van der Waals surface area (Å²) in [6, 6.07) is 90.9. The van der Waals surface area contributed by atoms with Crippen LogP contribution in [0.5, 0.6) is 0 Å². The van der Waals surface area contributed by atoms with Crippen molar-refractivity contribution in [3.05, 3.63) is 309 Å². The zero-order chi connectivity index (χ0) is 57.9. The normalized spacial score (nSPS) is 14.5. The number of rotatable bonds is 10. The number of hydrogen-bond donors (Lipinski definition) is 0. The highest BCUT2D eigenvalue weighted by Crippen LogP contribution is 2.54. The van der Waals surface area contributed by atoms with E-state index in [1.54, 1.807) is 0 Å². The summed E-state index contributed by atoms with van der Waals surface area (Å²) >= 11 is 0. The van der Waals surface area contributed by atoms with Gasteiger partial charge < -0.3 is 9.80 Å². The molecule has 0 amide bonds. The SMILES string of the molecule is Cc1cccc(N(c2ccc3c(c2)C(C)(C)c2cc(/C=C/c4ccc5c(c4)C(C)(C)c4cc(/C=C/c6ccc7c(c6)C(C)(C)c6cc(N(c8cccc(C)c8)c8ccc9ccccc9c8)ccc6-7)ccc4-5)ccc2-3)c2ccc3ccccc3c2)c1. The van der Waals surface area contributed by atoms with Gasteiger partial charge in [-0.3, -0.25) is 0 Å². The van der Waals surface area contributed by atoms with Crippen LogP contribution in [0, 0.1) is 13.8 Å². The third kappa shape index (κ3) is 8.77. The zero-order valence-corrected chi connectivity index (χ0v) is 49.8. The Balaban J connectivity index is 0.667. The van der Waals surface area contributed by atoms with E-state index in [9.17, 15) is 0 Å². The Kier molecular flexibility index (Phi) is 12.1. The molecular weight excluding hydrogens is 1020 g/mol. The van der Waals surface area contributed by atoms with E-state index in [0.29, 0.717) is 0 Å². The molecule has 0 saturated heterocycles. The number of anilines is 6. The standard InChI is InChI=1S/C83H68N2/c1-53-15-13-21-63(43-53)84(65-33-31-59-17-9-11-19-61(59)49-65)67-35-41-73-71-39-29-57(47-77(71)82(5,6)79(73)51-67)25-23-55-27-37-69-70-38-28-56(46-76(70)81(3,4)75(69)45-55)24-26-58-30-40-72-74-42-36-68(52-80(74)83(7,8)78(72)48-58)85(64-22-14-16-54(2)44-64)66-34-32-60-18-10-12-20-62(60)50-66/h9-52H,1-8H3/b25-23+,26-24+. The lowest BCUT2D eigenvalue weighted by molar-refractivity contribution is 0.660. The quantitative estimate of drug-likeness (QED) is 0.126. The Hall–Kier alpha value is -9.76. The maximum absolute atomic E-state index is 2.43. The van der Waals surface area contributed by atoms with Gasteiger partial charge in [-0.25, -0.2) is 0 Å². The molecule has 0 saturated carbocycles. The lowest BCUT2D eigenvalue weighted by Crippen LogP contribution is -2.16. The Morgan fingerprint density at radius 2 is 0.506 bits per heavy atom. The topological polar surface area (TPSA) is 6.48 Å². The lowest BCUT2D eigenvalue weighted by atomic mass is 9.81. The van der Waals surface area contributed by atoms with E-state index >= 15 is 0 Å². The van der Waals surface area contributed by atoms with Crippen molar-refractivity contribution in [2.45, 2.75) is 71.6 Å². The first-order valence-electron chi connectivity index (χ1n) is 30.1. The molecule has 2 nitrogen and oxygen atoms in total. The van der Waals surface area contributed by atoms with Gasteiger partial charge in [0, 0.05) is 50.4 Å². The Morgan fingerprint density at radius 3 is 0.835 bits per heavy atom. The molecular formula is C83H68N2. The number of nitrogens with zero attached hydrogens (tertiary/aromatic N) is 2. The molecule has 0 spiro atoms. The van der Waals surface area contributed by atoms with Crippen LogP contribution in [-0.2, 0) is 16.2 Å². The lowest BCUT2D eigenvalue weighted by Gasteiger charge is -2.28. The minimum atomic E-state index is -0.189. The third-order valence-corrected chi connectivity index (χ3v) is 19.0. The van der Waals surface area contributed by atoms with Gasteiger partial charge in [0.15, 0.2) is 0 Å². The van der Waals surface area contributed by atoms with Gasteiger partial charge in [0.2, 0.25) is 0 Å². The van der Waals surface area contributed by atoms with Crippen molar-refractivity contribution in [1.29, 1.82) is 0 Å². The maximum Gasteiger partial charge on any atom is 0.0468 e. The van der Waals surface area contributed by atoms with Crippen LogP contribution < -0.4 is 9.80 Å². The third-order valence-electron chi connectivity index (χ3n) is 19.0. The van der Waals surface area contributed by atoms with E-state index in [4.69, 9.17) is 0 Å². The van der Waals surface area contributed by atoms with Gasteiger partial charge in [-0.05, 0) is 208 Å². The summed E-state index contributed by atoms with van der Waals surface area (Å²) in [6.45, 7) is 18.7. The number of benzene rings is 12. The molecule has 0 aromatic heterocycles. The number of hydrogen-bond acceptors (Lipinski definition) is 2. The minimum Gasteiger partial charge on any atom is -0.310 e. The van der Waals surface area contributed by atoms with Crippen LogP contribution in [0.1, 0.15) is 108 Å². The molecule has 12 aromatic carbocycles. The van der Waals surface area contributed by atoms with E-state index < -0.39 is 0 Å². The van der Waals surface area contributed by atoms with Gasteiger partial charge in [0.1, 0.15) is 0 Å². The first-order chi connectivity index (χ1) is 41.1. The summed E-state index contributed by atoms with van der Waals surface area (Å²) in [7, 11) is 0. The molecule has 2 heteroatoms. The number of fused-ring (bicyclic) bond motifs is 11. The summed E-state index contributed by atoms with van der Waals surface area (Å²) in [6.07, 6.45) is 9.20. The van der Waals surface area contributed by atoms with E-state index in [1.165, 1.54) is 122 Å². The highest BCUT2D eigenvalue weighted by Gasteiger charge is 2.39. The second-order valence-electron chi connectivity index (χ2n) is 25.6. The molecule has 0 bridgehead atoms. The van der Waals surface area contributed by atoms with Crippen LogP contribution in [-0.4, -0.2) is 0 Å². The predicted octanol–water partition coefficient (Wildman–Crippen LogP) is 22.8. The van der Waals surface area contributed by atoms with Crippen molar-refractivity contribution in [3.8, 4) is 33.4 Å². The summed E-state index contributed by atoms with van der Waals surface area (Å²) in [5.74, 6) is 0. The molecule has 0 N–H and O–H groups in total. The molecule has 15 rings (SSSR count). The van der Waals surface area contributed by atoms with E-state index in [-0.39, 0.29) is 16.2 Å². The Bertz CT molecular complexity index is 4490. The fourth-order valence-corrected chi connectivity index (χ4v) is 14.4. The van der Waals surface area contributed by atoms with Crippen LogP contribution in [0.15, 0.2) is 243 Å². The molecule has 0 aliphatic heterocycles. The monoisotopic (exact) mass is 1090 g/mol. The van der Waals surface area contributed by atoms with Crippen molar-refractivity contribution in [3.63, 3.8) is 0 Å². The van der Waals surface area contributed by atoms with Gasteiger partial charge in [0.05, 0.1) is 0 Å². The van der Waals surface area contributed by atoms with Crippen LogP contribution in [0.3, 0.4) is 0 Å². The van der Waals surface area contributed by atoms with Crippen molar-refractivity contribution in [1.82, 2.24) is 0 Å². The van der Waals surface area contributed by atoms with Crippen molar-refractivity contribution in [2.75, 3.05) is 9.80 Å². The second-order valence-corrected chi connectivity index (χ2v) is 25.6. The summed E-state index contributed by atoms with van der Waals surface area (Å²) in [4.78, 5) is 4.83. The molecule has 12 aromatic rings. The molecule has 3 aliphatic rings. The average Bonchev–Trinajstić information content (AvgIpc) is 1.72. The Labute approximate surface area is 501 Å². The molecule has 410 valence electrons. The van der Waals surface area contributed by atoms with Gasteiger partial charge in [-0.2, -0.15) is 0 Å². The molecule has 0 atom stereocenters. The van der Waals surface area contributed by atoms with Crippen LogP contribution in [0.25, 0.3) is 79.2 Å². The van der Waals surface area contributed by atoms with Crippen LogP contribution >= 0.6 is 0 Å². The minimum absolute atomic E-state index is 0.157. The summed E-state index contributed by atoms with van der Waals surface area (Å²) < 4.78 is 0. The largest absolute Gasteiger partial charge is 0.310 e. The van der Waals surface area contributed by atoms with E-state index in [2.05, 4.69) is 332 Å². The molecule has 3 aliphatic carbocycles. The smallest absolute Gasteiger partial charge is 0.0468 e. The average molecular weight is 1090 g/mol. The first-order valence-corrected chi connectivity index (χ1v) is 30.1. The van der Waals surface area contributed by atoms with Crippen molar-refractivity contribution >= 4 is 80.0 Å². The fourth-order valence-electron chi connectivity index (χ4n) is 14.4. The van der Waals surface area contributed by atoms with E-state index in [1.807, 2.05) is 0 Å². The second kappa shape index (κ2) is 19.7. The van der Waals surface area contributed by atoms with Gasteiger partial charge in [0.25, 0.3) is 0 Å². The highest BCUT2D eigenvalue weighted by molar-refractivity contribution is 5.94. The number of aryl methyl sites for hydroxylation is 2. The molecule has 0 fully saturated rings. The first kappa shape index (κ1) is 52.1. The maximum atomic E-state index is 2.43. The molecule has 85 heavy (non-hydrogen) atoms. The van der Waals surface area contributed by atoms with Gasteiger partial charge in [-0.1, -0.05) is 236 Å². The molecule has 0 radical (unpaired) electrons. The highest BCUT2D eigenvalue weighted by atomic mass is 15.1. The fraction of sp³-hybridized carbons (Fsp3) is 0.133. The Morgan fingerprint density at radius 1 is 0.235 bits per heavy atom. The van der Waals surface area contributed by atoms with Crippen molar-refractivity contribution < 1.29 is 0 Å². The van der Waals surface area contributed by atoms with E-state index in [0.717, 1.165) is 34.1 Å². The predicted molar refractivity (Wildman–Crippen MR) is 364 cm³/mol. The van der Waals surface area contributed by atoms with Crippen LogP contribution in [0.4, 0.5) is 34.1 Å². The molecule has 0 heterocycles. The van der Waals surface area contributed by atoms with Gasteiger partial charge in [-0.15, -0.1) is 0 Å². The molecule has 0 unspecified atom stereocenters. The summed E-state index contributed by atoms with van der Waals surface area (Å²) in [5, 5.41) is 4.96. The van der Waals surface area contributed by atoms with Gasteiger partial charge >= 0.3 is 0 Å². The summed E-state index contributed by atoms with van der Waals surface area (Å²) in [5.41, 5.74) is 29.8.